The first-order valence-corrected chi connectivity index (χ1v) is 2.55. The molecule has 1 aromatic rings. The van der Waals surface area contributed by atoms with Crippen LogP contribution in [0, 0.1) is 5.82 Å². The smallest absolute Gasteiger partial charge is 0.354 e. The molecule has 1 rings (SSSR count). The normalized spacial score (nSPS) is 8.45. The number of rotatable bonds is 1. The molecule has 1 N–H and O–H groups in total. The van der Waals surface area contributed by atoms with Crippen LogP contribution in [0.4, 0.5) is 4.39 Å². The summed E-state index contributed by atoms with van der Waals surface area (Å²) in [6.45, 7) is 0. The van der Waals surface area contributed by atoms with Gasteiger partial charge in [0.25, 0.3) is 0 Å². The van der Waals surface area contributed by atoms with Crippen LogP contribution in [0.1, 0.15) is 10.5 Å². The van der Waals surface area contributed by atoms with Gasteiger partial charge in [-0.2, -0.15) is 0 Å². The molecule has 0 bridgehead atoms. The molecule has 0 atom stereocenters. The van der Waals surface area contributed by atoms with Crippen molar-refractivity contribution in [1.82, 2.24) is 4.98 Å². The predicted octanol–water partition coefficient (Wildman–Crippen LogP) is 1.34. The van der Waals surface area contributed by atoms with Crippen molar-refractivity contribution in [2.75, 3.05) is 0 Å². The zero-order valence-corrected chi connectivity index (χ0v) is 6.14. The molecular formula is C6H5ClFNO2. The molecule has 3 nitrogen and oxygen atoms in total. The first-order valence-electron chi connectivity index (χ1n) is 2.55. The molecule has 0 aromatic carbocycles. The van der Waals surface area contributed by atoms with E-state index in [1.165, 1.54) is 0 Å². The minimum absolute atomic E-state index is 0. The number of nitrogens with zero attached hydrogens (tertiary/aromatic N) is 1. The summed E-state index contributed by atoms with van der Waals surface area (Å²) in [5.41, 5.74) is -0.151. The van der Waals surface area contributed by atoms with E-state index in [0.717, 1.165) is 18.3 Å². The van der Waals surface area contributed by atoms with Crippen molar-refractivity contribution in [2.24, 2.45) is 0 Å². The largest absolute Gasteiger partial charge is 0.477 e. The number of pyridine rings is 1. The third-order valence-corrected chi connectivity index (χ3v) is 0.947. The first-order chi connectivity index (χ1) is 4.70. The number of hydrogen-bond donors (Lipinski definition) is 1. The molecule has 11 heavy (non-hydrogen) atoms. The highest BCUT2D eigenvalue weighted by atomic mass is 35.5. The fourth-order valence-corrected chi connectivity index (χ4v) is 0.502. The van der Waals surface area contributed by atoms with Crippen molar-refractivity contribution in [1.29, 1.82) is 0 Å². The van der Waals surface area contributed by atoms with Crippen molar-refractivity contribution in [2.45, 2.75) is 0 Å². The van der Waals surface area contributed by atoms with E-state index in [0.29, 0.717) is 0 Å². The maximum atomic E-state index is 12.1. The highest BCUT2D eigenvalue weighted by Crippen LogP contribution is 1.96. The SMILES string of the molecule is Cl.O=C(O)c1ccc(F)cn1. The van der Waals surface area contributed by atoms with Crippen molar-refractivity contribution in [3.05, 3.63) is 29.8 Å². The minimum atomic E-state index is -1.15. The van der Waals surface area contributed by atoms with Crippen LogP contribution >= 0.6 is 12.4 Å². The Balaban J connectivity index is 0.000001000. The molecule has 0 spiro atoms. The second kappa shape index (κ2) is 3.88. The van der Waals surface area contributed by atoms with Gasteiger partial charge in [-0.15, -0.1) is 12.4 Å². The van der Waals surface area contributed by atoms with Crippen LogP contribution < -0.4 is 0 Å². The van der Waals surface area contributed by atoms with Crippen LogP contribution in [0.25, 0.3) is 0 Å². The van der Waals surface area contributed by atoms with Crippen molar-refractivity contribution >= 4 is 18.4 Å². The van der Waals surface area contributed by atoms with E-state index in [-0.39, 0.29) is 18.1 Å². The standard InChI is InChI=1S/C6H4FNO2.ClH/c7-4-1-2-5(6(9)10)8-3-4;/h1-3H,(H,9,10);1H. The Hall–Kier alpha value is -1.16. The summed E-state index contributed by atoms with van der Waals surface area (Å²) in [5.74, 6) is -1.69. The zero-order valence-electron chi connectivity index (χ0n) is 5.32. The van der Waals surface area contributed by atoms with Crippen LogP contribution in [0.3, 0.4) is 0 Å². The average molecular weight is 178 g/mol. The lowest BCUT2D eigenvalue weighted by atomic mass is 10.3. The first kappa shape index (κ1) is 9.84. The summed E-state index contributed by atoms with van der Waals surface area (Å²) in [6, 6.07) is 2.16. The Morgan fingerprint density at radius 1 is 1.55 bits per heavy atom. The van der Waals surface area contributed by atoms with Crippen molar-refractivity contribution in [3.63, 3.8) is 0 Å². The second-order valence-electron chi connectivity index (χ2n) is 1.67. The minimum Gasteiger partial charge on any atom is -0.477 e. The molecule has 1 heterocycles. The van der Waals surface area contributed by atoms with Gasteiger partial charge in [0.15, 0.2) is 0 Å². The van der Waals surface area contributed by atoms with Crippen molar-refractivity contribution < 1.29 is 14.3 Å². The van der Waals surface area contributed by atoms with Gasteiger partial charge in [-0.1, -0.05) is 0 Å². The van der Waals surface area contributed by atoms with Gasteiger partial charge in [-0.05, 0) is 12.1 Å². The molecule has 0 radical (unpaired) electrons. The average Bonchev–Trinajstić information content (AvgIpc) is 1.88. The van der Waals surface area contributed by atoms with Gasteiger partial charge in [0.1, 0.15) is 11.5 Å². The molecule has 0 saturated heterocycles. The number of aromatic nitrogens is 1. The summed E-state index contributed by atoms with van der Waals surface area (Å²) in [7, 11) is 0. The number of carboxylic acids is 1. The van der Waals surface area contributed by atoms with E-state index in [4.69, 9.17) is 5.11 Å². The van der Waals surface area contributed by atoms with Crippen LogP contribution in [0.15, 0.2) is 18.3 Å². The van der Waals surface area contributed by atoms with Gasteiger partial charge < -0.3 is 5.11 Å². The lowest BCUT2D eigenvalue weighted by Gasteiger charge is -1.89. The summed E-state index contributed by atoms with van der Waals surface area (Å²) in [6.07, 6.45) is 0.865. The van der Waals surface area contributed by atoms with E-state index in [1.807, 2.05) is 0 Å². The highest BCUT2D eigenvalue weighted by molar-refractivity contribution is 5.85. The van der Waals surface area contributed by atoms with E-state index in [1.54, 1.807) is 0 Å². The van der Waals surface area contributed by atoms with E-state index >= 15 is 0 Å². The van der Waals surface area contributed by atoms with Gasteiger partial charge in [-0.3, -0.25) is 0 Å². The summed E-state index contributed by atoms with van der Waals surface area (Å²) in [4.78, 5) is 13.4. The molecular weight excluding hydrogens is 173 g/mol. The molecule has 60 valence electrons. The Morgan fingerprint density at radius 2 is 2.18 bits per heavy atom. The quantitative estimate of drug-likeness (QED) is 0.704. The summed E-state index contributed by atoms with van der Waals surface area (Å²) in [5, 5.41) is 8.29. The van der Waals surface area contributed by atoms with Crippen LogP contribution in [-0.2, 0) is 0 Å². The Kier molecular flexibility index (Phi) is 3.47. The van der Waals surface area contributed by atoms with E-state index < -0.39 is 11.8 Å². The van der Waals surface area contributed by atoms with Gasteiger partial charge in [0, 0.05) is 0 Å². The highest BCUT2D eigenvalue weighted by Gasteiger charge is 2.01. The topological polar surface area (TPSA) is 50.2 Å². The fraction of sp³-hybridized carbons (Fsp3) is 0. The second-order valence-corrected chi connectivity index (χ2v) is 1.67. The molecule has 0 amide bonds. The fourth-order valence-electron chi connectivity index (χ4n) is 0.502. The Bertz CT molecular complexity index is 249. The van der Waals surface area contributed by atoms with Crippen LogP contribution in [-0.4, -0.2) is 16.1 Å². The predicted molar refractivity (Wildman–Crippen MR) is 38.4 cm³/mol. The Morgan fingerprint density at radius 3 is 2.55 bits per heavy atom. The third kappa shape index (κ3) is 2.51. The van der Waals surface area contributed by atoms with Gasteiger partial charge in [0.05, 0.1) is 6.20 Å². The monoisotopic (exact) mass is 177 g/mol. The molecule has 0 fully saturated rings. The van der Waals surface area contributed by atoms with Crippen LogP contribution in [0.5, 0.6) is 0 Å². The molecule has 0 unspecified atom stereocenters. The lowest BCUT2D eigenvalue weighted by Crippen LogP contribution is -1.98. The number of hydrogen-bond acceptors (Lipinski definition) is 2. The number of carbonyl (C=O) groups is 1. The van der Waals surface area contributed by atoms with Crippen molar-refractivity contribution in [3.8, 4) is 0 Å². The van der Waals surface area contributed by atoms with Gasteiger partial charge >= 0.3 is 5.97 Å². The number of carboxylic acid groups (broad SMARTS) is 1. The molecule has 0 aliphatic carbocycles. The molecule has 0 aliphatic heterocycles. The van der Waals surface area contributed by atoms with Gasteiger partial charge in [-0.25, -0.2) is 14.2 Å². The van der Waals surface area contributed by atoms with E-state index in [9.17, 15) is 9.18 Å². The summed E-state index contributed by atoms with van der Waals surface area (Å²) < 4.78 is 12.1. The third-order valence-electron chi connectivity index (χ3n) is 0.947. The summed E-state index contributed by atoms with van der Waals surface area (Å²) >= 11 is 0. The molecule has 0 aliphatic rings. The number of aromatic carboxylic acids is 1. The Labute approximate surface area is 68.3 Å². The van der Waals surface area contributed by atoms with Gasteiger partial charge in [0.2, 0.25) is 0 Å². The van der Waals surface area contributed by atoms with Crippen LogP contribution in [0.2, 0.25) is 0 Å². The molecule has 5 heteroatoms. The molecule has 0 saturated carbocycles. The molecule has 1 aromatic heterocycles. The zero-order chi connectivity index (χ0) is 7.56. The van der Waals surface area contributed by atoms with E-state index in [2.05, 4.69) is 4.98 Å². The number of halogens is 2. The maximum absolute atomic E-state index is 12.1. The lowest BCUT2D eigenvalue weighted by molar-refractivity contribution is 0.0690. The maximum Gasteiger partial charge on any atom is 0.354 e.